The van der Waals surface area contributed by atoms with E-state index in [0.717, 1.165) is 0 Å². The molecule has 0 aliphatic carbocycles. The zero-order chi connectivity index (χ0) is 24.4. The number of methoxy groups -OCH3 is 1. The van der Waals surface area contributed by atoms with Gasteiger partial charge in [0.15, 0.2) is 17.3 Å². The molecule has 3 N–H and O–H groups in total. The van der Waals surface area contributed by atoms with E-state index >= 15 is 0 Å². The van der Waals surface area contributed by atoms with Crippen molar-refractivity contribution in [3.63, 3.8) is 0 Å². The van der Waals surface area contributed by atoms with Gasteiger partial charge in [0.05, 0.1) is 16.7 Å². The molecule has 0 spiro atoms. The molecule has 0 aliphatic heterocycles. The van der Waals surface area contributed by atoms with Gasteiger partial charge >= 0.3 is 6.09 Å². The molecule has 0 fully saturated rings. The number of carbonyl (C=O) groups is 1. The molecule has 4 aromatic rings. The number of imidazole rings is 1. The number of hydrogen-bond donors (Lipinski definition) is 3. The Bertz CT molecular complexity index is 1480. The van der Waals surface area contributed by atoms with Crippen LogP contribution in [-0.4, -0.2) is 48.6 Å². The van der Waals surface area contributed by atoms with Crippen LogP contribution in [0.1, 0.15) is 28.9 Å². The fourth-order valence-electron chi connectivity index (χ4n) is 3.58. The van der Waals surface area contributed by atoms with Crippen molar-refractivity contribution < 1.29 is 14.6 Å². The Morgan fingerprint density at radius 2 is 2.06 bits per heavy atom. The minimum atomic E-state index is -1.42. The van der Waals surface area contributed by atoms with Crippen LogP contribution in [0.4, 0.5) is 4.79 Å². The molecule has 0 aliphatic rings. The van der Waals surface area contributed by atoms with Gasteiger partial charge in [0.1, 0.15) is 23.1 Å². The highest BCUT2D eigenvalue weighted by Gasteiger charge is 2.26. The van der Waals surface area contributed by atoms with Crippen molar-refractivity contribution in [3.8, 4) is 17.3 Å². The van der Waals surface area contributed by atoms with Gasteiger partial charge in [-0.3, -0.25) is 15.7 Å². The number of rotatable bonds is 5. The fraction of sp³-hybridized carbons (Fsp3) is 0.136. The SMILES string of the molecule is COC(c1ccccc1C#N)c1nc2nc(C(=N)NC(=O)O)nc(-c3cncc(Cl)c3)c2n1C. The highest BCUT2D eigenvalue weighted by molar-refractivity contribution is 6.30. The van der Waals surface area contributed by atoms with Crippen molar-refractivity contribution in [3.05, 3.63) is 70.5 Å². The van der Waals surface area contributed by atoms with Crippen molar-refractivity contribution in [2.75, 3.05) is 7.11 Å². The quantitative estimate of drug-likeness (QED) is 0.292. The molecule has 1 aromatic carbocycles. The number of ether oxygens (including phenoxy) is 1. The van der Waals surface area contributed by atoms with Crippen LogP contribution in [0.5, 0.6) is 0 Å². The maximum atomic E-state index is 11.1. The van der Waals surface area contributed by atoms with Crippen LogP contribution in [0.3, 0.4) is 0 Å². The van der Waals surface area contributed by atoms with Crippen molar-refractivity contribution in [2.24, 2.45) is 7.05 Å². The highest BCUT2D eigenvalue weighted by atomic mass is 35.5. The van der Waals surface area contributed by atoms with E-state index in [2.05, 4.69) is 26.0 Å². The fourth-order valence-corrected chi connectivity index (χ4v) is 3.75. The molecule has 1 amide bonds. The van der Waals surface area contributed by atoms with E-state index in [1.54, 1.807) is 41.9 Å². The summed E-state index contributed by atoms with van der Waals surface area (Å²) in [7, 11) is 3.25. The summed E-state index contributed by atoms with van der Waals surface area (Å²) in [5, 5.41) is 28.9. The highest BCUT2D eigenvalue weighted by Crippen LogP contribution is 2.33. The summed E-state index contributed by atoms with van der Waals surface area (Å²) in [5.74, 6) is -0.266. The number of halogens is 1. The number of nitrogens with zero attached hydrogens (tertiary/aromatic N) is 6. The number of aryl methyl sites for hydroxylation is 1. The van der Waals surface area contributed by atoms with Gasteiger partial charge in [-0.2, -0.15) is 5.26 Å². The number of amides is 1. The van der Waals surface area contributed by atoms with Crippen LogP contribution >= 0.6 is 11.6 Å². The number of nitriles is 1. The van der Waals surface area contributed by atoms with E-state index in [9.17, 15) is 10.1 Å². The number of pyridine rings is 1. The molecule has 0 saturated carbocycles. The van der Waals surface area contributed by atoms with Crippen LogP contribution in [0.2, 0.25) is 5.02 Å². The molecular weight excluding hydrogens is 460 g/mol. The van der Waals surface area contributed by atoms with E-state index in [4.69, 9.17) is 26.9 Å². The monoisotopic (exact) mass is 476 g/mol. The predicted molar refractivity (Wildman–Crippen MR) is 123 cm³/mol. The van der Waals surface area contributed by atoms with Crippen LogP contribution in [0.15, 0.2) is 42.7 Å². The van der Waals surface area contributed by atoms with Gasteiger partial charge < -0.3 is 14.4 Å². The summed E-state index contributed by atoms with van der Waals surface area (Å²) in [5.41, 5.74) is 2.60. The summed E-state index contributed by atoms with van der Waals surface area (Å²) < 4.78 is 7.45. The van der Waals surface area contributed by atoms with Gasteiger partial charge in [0.25, 0.3) is 0 Å². The third-order valence-corrected chi connectivity index (χ3v) is 5.24. The third-order valence-electron chi connectivity index (χ3n) is 5.03. The first-order chi connectivity index (χ1) is 16.3. The van der Waals surface area contributed by atoms with Crippen molar-refractivity contribution in [1.29, 1.82) is 10.7 Å². The molecule has 1 atom stereocenters. The first-order valence-electron chi connectivity index (χ1n) is 9.80. The lowest BCUT2D eigenvalue weighted by Gasteiger charge is -2.17. The Kier molecular flexibility index (Phi) is 6.18. The minimum Gasteiger partial charge on any atom is -0.465 e. The van der Waals surface area contributed by atoms with E-state index < -0.39 is 18.0 Å². The molecule has 0 bridgehead atoms. The normalized spacial score (nSPS) is 11.7. The van der Waals surface area contributed by atoms with Gasteiger partial charge in [0, 0.05) is 37.7 Å². The van der Waals surface area contributed by atoms with Gasteiger partial charge in [-0.25, -0.2) is 19.7 Å². The van der Waals surface area contributed by atoms with Crippen LogP contribution < -0.4 is 5.32 Å². The molecule has 0 saturated heterocycles. The number of amidine groups is 1. The molecule has 4 rings (SSSR count). The van der Waals surface area contributed by atoms with Gasteiger partial charge in [0.2, 0.25) is 0 Å². The topological polar surface area (TPSA) is 163 Å². The number of aromatic nitrogens is 5. The maximum absolute atomic E-state index is 11.1. The Hall–Kier alpha value is -4.40. The third kappa shape index (κ3) is 4.15. The molecule has 1 unspecified atom stereocenters. The number of hydrogen-bond acceptors (Lipinski definition) is 8. The van der Waals surface area contributed by atoms with Crippen LogP contribution in [-0.2, 0) is 11.8 Å². The Morgan fingerprint density at radius 1 is 1.29 bits per heavy atom. The zero-order valence-electron chi connectivity index (χ0n) is 17.9. The lowest BCUT2D eigenvalue weighted by atomic mass is 10.0. The number of nitrogens with one attached hydrogen (secondary N) is 2. The second-order valence-electron chi connectivity index (χ2n) is 7.11. The Labute approximate surface area is 198 Å². The van der Waals surface area contributed by atoms with Crippen LogP contribution in [0, 0.1) is 16.7 Å². The smallest absolute Gasteiger partial charge is 0.410 e. The predicted octanol–water partition coefficient (Wildman–Crippen LogP) is 3.28. The van der Waals surface area contributed by atoms with Gasteiger partial charge in [-0.05, 0) is 12.1 Å². The maximum Gasteiger partial charge on any atom is 0.410 e. The van der Waals surface area contributed by atoms with Gasteiger partial charge in [-0.15, -0.1) is 0 Å². The number of fused-ring (bicyclic) bond motifs is 1. The molecule has 34 heavy (non-hydrogen) atoms. The average Bonchev–Trinajstić information content (AvgIpc) is 3.15. The largest absolute Gasteiger partial charge is 0.465 e. The van der Waals surface area contributed by atoms with E-state index in [1.165, 1.54) is 19.5 Å². The molecule has 12 heteroatoms. The summed E-state index contributed by atoms with van der Waals surface area (Å²) >= 11 is 6.14. The first-order valence-corrected chi connectivity index (χ1v) is 10.2. The van der Waals surface area contributed by atoms with Crippen LogP contribution in [0.25, 0.3) is 22.4 Å². The molecule has 3 aromatic heterocycles. The van der Waals surface area contributed by atoms with Crippen molar-refractivity contribution in [1.82, 2.24) is 29.8 Å². The minimum absolute atomic E-state index is 0.180. The average molecular weight is 477 g/mol. The van der Waals surface area contributed by atoms with E-state index in [1.807, 2.05) is 5.32 Å². The summed E-state index contributed by atoms with van der Waals surface area (Å²) in [6, 6.07) is 10.8. The van der Waals surface area contributed by atoms with Crippen molar-refractivity contribution >= 4 is 34.7 Å². The lowest BCUT2D eigenvalue weighted by Crippen LogP contribution is -2.30. The Balaban J connectivity index is 1.99. The second kappa shape index (κ2) is 9.22. The first kappa shape index (κ1) is 22.8. The Morgan fingerprint density at radius 3 is 2.74 bits per heavy atom. The molecule has 3 heterocycles. The number of carboxylic acid groups (broad SMARTS) is 1. The summed E-state index contributed by atoms with van der Waals surface area (Å²) in [6.07, 6.45) is 0.874. The van der Waals surface area contributed by atoms with Crippen molar-refractivity contribution in [2.45, 2.75) is 6.10 Å². The summed E-state index contributed by atoms with van der Waals surface area (Å²) in [6.45, 7) is 0. The van der Waals surface area contributed by atoms with E-state index in [-0.39, 0.29) is 11.5 Å². The van der Waals surface area contributed by atoms with E-state index in [0.29, 0.717) is 38.7 Å². The molecular formula is C22H17ClN8O3. The summed E-state index contributed by atoms with van der Waals surface area (Å²) in [4.78, 5) is 28.5. The molecule has 170 valence electrons. The molecule has 11 nitrogen and oxygen atoms in total. The molecule has 0 radical (unpaired) electrons. The second-order valence-corrected chi connectivity index (χ2v) is 7.55. The number of benzene rings is 1. The van der Waals surface area contributed by atoms with Gasteiger partial charge in [-0.1, -0.05) is 29.8 Å². The lowest BCUT2D eigenvalue weighted by molar-refractivity contribution is 0.127. The standard InChI is InChI=1S/C22H17ClN8O3/c1-31-16-15(12-7-13(23)10-26-9-12)27-20(18(25)28-22(32)33)29-19(16)30-21(31)17(34-2)14-6-4-3-5-11(14)8-24/h3-7,9-10,17H,1-2H3,(H2,25,28)(H,32,33). The zero-order valence-corrected chi connectivity index (χ0v) is 18.7.